The fraction of sp³-hybridized carbons (Fsp3) is 0.753. The lowest BCUT2D eigenvalue weighted by Crippen LogP contribution is -2.46. The first-order valence-electron chi connectivity index (χ1n) is 36.3. The average molecular weight is 1220 g/mol. The number of carbonyl (C=O) groups excluding carboxylic acids is 1. The molecule has 0 spiro atoms. The molecule has 0 aliphatic rings. The van der Waals surface area contributed by atoms with Crippen molar-refractivity contribution in [1.29, 1.82) is 0 Å². The maximum atomic E-state index is 13.1. The number of quaternary nitrogens is 1. The molecule has 498 valence electrons. The summed E-state index contributed by atoms with van der Waals surface area (Å²) in [5.74, 6) is -0.151. The summed E-state index contributed by atoms with van der Waals surface area (Å²) in [5.41, 5.74) is 0. The predicted octanol–water partition coefficient (Wildman–Crippen LogP) is 23.4. The van der Waals surface area contributed by atoms with Crippen LogP contribution in [0.2, 0.25) is 0 Å². The first kappa shape index (κ1) is 83.2. The highest BCUT2D eigenvalue weighted by Crippen LogP contribution is 2.43. The molecule has 0 saturated heterocycles. The second-order valence-electron chi connectivity index (χ2n) is 25.6. The number of nitrogens with zero attached hydrogens (tertiary/aromatic N) is 1. The molecular formula is C77H140N2O6P+. The van der Waals surface area contributed by atoms with E-state index >= 15 is 0 Å². The van der Waals surface area contributed by atoms with Gasteiger partial charge in [0.1, 0.15) is 13.2 Å². The van der Waals surface area contributed by atoms with E-state index in [0.717, 1.165) is 103 Å². The van der Waals surface area contributed by atoms with Gasteiger partial charge in [-0.05, 0) is 83.5 Å². The van der Waals surface area contributed by atoms with Crippen LogP contribution in [0.25, 0.3) is 0 Å². The van der Waals surface area contributed by atoms with Gasteiger partial charge in [-0.2, -0.15) is 0 Å². The Labute approximate surface area is 533 Å². The second-order valence-corrected chi connectivity index (χ2v) is 27.0. The maximum absolute atomic E-state index is 13.1. The predicted molar refractivity (Wildman–Crippen MR) is 378 cm³/mol. The van der Waals surface area contributed by atoms with Crippen LogP contribution in [-0.4, -0.2) is 73.4 Å². The Balaban J connectivity index is 4.09. The molecule has 0 radical (unpaired) electrons. The Morgan fingerprint density at radius 3 is 1.02 bits per heavy atom. The van der Waals surface area contributed by atoms with E-state index in [0.29, 0.717) is 23.9 Å². The Morgan fingerprint density at radius 2 is 0.698 bits per heavy atom. The molecule has 0 bridgehead atoms. The molecular weight excluding hydrogens is 1080 g/mol. The molecule has 0 aliphatic carbocycles. The van der Waals surface area contributed by atoms with Gasteiger partial charge in [0.15, 0.2) is 0 Å². The van der Waals surface area contributed by atoms with Crippen LogP contribution in [0.15, 0.2) is 109 Å². The number of amides is 1. The summed E-state index contributed by atoms with van der Waals surface area (Å²) >= 11 is 0. The molecule has 0 saturated carbocycles. The first-order valence-corrected chi connectivity index (χ1v) is 37.7. The van der Waals surface area contributed by atoms with Gasteiger partial charge in [0.2, 0.25) is 5.91 Å². The quantitative estimate of drug-likeness (QED) is 0.0243. The number of nitrogens with one attached hydrogen (secondary N) is 1. The fourth-order valence-corrected chi connectivity index (χ4v) is 11.2. The van der Waals surface area contributed by atoms with Crippen LogP contribution in [0.4, 0.5) is 0 Å². The highest BCUT2D eigenvalue weighted by Gasteiger charge is 2.28. The largest absolute Gasteiger partial charge is 0.472 e. The molecule has 0 fully saturated rings. The Bertz CT molecular complexity index is 1770. The second kappa shape index (κ2) is 66.6. The van der Waals surface area contributed by atoms with E-state index in [1.54, 1.807) is 0 Å². The van der Waals surface area contributed by atoms with Crippen LogP contribution in [0, 0.1) is 0 Å². The lowest BCUT2D eigenvalue weighted by molar-refractivity contribution is -0.870. The monoisotopic (exact) mass is 1220 g/mol. The number of unbranched alkanes of at least 4 members (excludes halogenated alkanes) is 35. The van der Waals surface area contributed by atoms with Crippen molar-refractivity contribution >= 4 is 13.7 Å². The molecule has 9 heteroatoms. The third-order valence-corrected chi connectivity index (χ3v) is 17.0. The number of aliphatic hydroxyl groups is 1. The van der Waals surface area contributed by atoms with Crippen LogP contribution in [0.5, 0.6) is 0 Å². The number of hydrogen-bond acceptors (Lipinski definition) is 5. The van der Waals surface area contributed by atoms with E-state index in [9.17, 15) is 19.4 Å². The van der Waals surface area contributed by atoms with Gasteiger partial charge in [0, 0.05) is 6.42 Å². The molecule has 3 atom stereocenters. The van der Waals surface area contributed by atoms with Gasteiger partial charge in [-0.15, -0.1) is 0 Å². The summed E-state index contributed by atoms with van der Waals surface area (Å²) in [7, 11) is 1.61. The zero-order valence-corrected chi connectivity index (χ0v) is 57.9. The topological polar surface area (TPSA) is 105 Å². The van der Waals surface area contributed by atoms with E-state index in [-0.39, 0.29) is 19.1 Å². The average Bonchev–Trinajstić information content (AvgIpc) is 3.70. The van der Waals surface area contributed by atoms with Crippen molar-refractivity contribution in [3.63, 3.8) is 0 Å². The van der Waals surface area contributed by atoms with Gasteiger partial charge in [0.25, 0.3) is 0 Å². The van der Waals surface area contributed by atoms with Gasteiger partial charge >= 0.3 is 7.82 Å². The lowest BCUT2D eigenvalue weighted by Gasteiger charge is -2.26. The van der Waals surface area contributed by atoms with Crippen LogP contribution in [-0.2, 0) is 18.4 Å². The number of rotatable bonds is 66. The summed E-state index contributed by atoms with van der Waals surface area (Å²) in [6.45, 7) is 4.80. The minimum absolute atomic E-state index is 0.0693. The molecule has 3 N–H and O–H groups in total. The molecule has 8 nitrogen and oxygen atoms in total. The van der Waals surface area contributed by atoms with Crippen molar-refractivity contribution in [2.24, 2.45) is 0 Å². The number of carbonyl (C=O) groups is 1. The first-order chi connectivity index (χ1) is 42.0. The number of likely N-dealkylation sites (N-methyl/N-ethyl adjacent to an activating group) is 1. The van der Waals surface area contributed by atoms with Crippen molar-refractivity contribution in [3.8, 4) is 0 Å². The minimum Gasteiger partial charge on any atom is -0.391 e. The van der Waals surface area contributed by atoms with E-state index in [1.807, 2.05) is 21.1 Å². The minimum atomic E-state index is -4.34. The summed E-state index contributed by atoms with van der Waals surface area (Å²) < 4.78 is 23.9. The van der Waals surface area contributed by atoms with E-state index < -0.39 is 20.0 Å². The van der Waals surface area contributed by atoms with Gasteiger partial charge in [0.05, 0.1) is 39.9 Å². The summed E-state index contributed by atoms with van der Waals surface area (Å²) in [4.78, 5) is 23.5. The van der Waals surface area contributed by atoms with Crippen molar-refractivity contribution in [1.82, 2.24) is 5.32 Å². The van der Waals surface area contributed by atoms with Crippen LogP contribution < -0.4 is 5.32 Å². The number of phosphoric ester groups is 1. The molecule has 1 amide bonds. The van der Waals surface area contributed by atoms with Crippen LogP contribution in [0.3, 0.4) is 0 Å². The molecule has 0 rings (SSSR count). The molecule has 0 aromatic rings. The van der Waals surface area contributed by atoms with Gasteiger partial charge in [-0.3, -0.25) is 13.8 Å². The molecule has 3 unspecified atom stereocenters. The normalized spacial score (nSPS) is 14.3. The number of hydrogen-bond donors (Lipinski definition) is 3. The van der Waals surface area contributed by atoms with Gasteiger partial charge in [-0.25, -0.2) is 4.57 Å². The van der Waals surface area contributed by atoms with E-state index in [2.05, 4.69) is 129 Å². The highest BCUT2D eigenvalue weighted by atomic mass is 31.2. The summed E-state index contributed by atoms with van der Waals surface area (Å²) in [6, 6.07) is -0.773. The van der Waals surface area contributed by atoms with Crippen LogP contribution in [0.1, 0.15) is 322 Å². The standard InChI is InChI=1S/C77H139N2O6P/c1-6-8-10-12-14-16-18-20-22-24-26-28-30-32-34-35-36-37-38-39-40-41-42-43-45-47-49-51-53-55-57-59-61-63-65-67-69-71-77(81)78-75(74-85-86(82,83)84-73-72-79(3,4)5)76(80)70-68-66-64-62-60-58-56-54-52-50-48-46-44-33-31-29-27-25-23-21-19-17-15-13-11-9-7-2/h8,10,14,16,20,22,26,28,32,34,36-37,39-40,42-43,47,49,75-76,80H,6-7,9,11-13,15,17-19,21,23-25,27,29-31,33,35,38,41,44-46,48,50-74H2,1-5H3,(H-,78,81,82,83)/p+1/b10-8-,16-14-,22-20-,28-26-,34-32-,37-36-,40-39-,43-42-,49-47-. The lowest BCUT2D eigenvalue weighted by atomic mass is 10.0. The fourth-order valence-electron chi connectivity index (χ4n) is 10.5. The Kier molecular flexibility index (Phi) is 64.4. The third kappa shape index (κ3) is 68.6. The van der Waals surface area contributed by atoms with Crippen LogP contribution >= 0.6 is 7.82 Å². The molecule has 0 aromatic carbocycles. The zero-order chi connectivity index (χ0) is 62.6. The summed E-state index contributed by atoms with van der Waals surface area (Å²) in [6.07, 6.45) is 97.6. The Morgan fingerprint density at radius 1 is 0.407 bits per heavy atom. The smallest absolute Gasteiger partial charge is 0.391 e. The number of allylic oxidation sites excluding steroid dienone is 18. The summed E-state index contributed by atoms with van der Waals surface area (Å²) in [5, 5.41) is 14.2. The molecule has 0 heterocycles. The molecule has 86 heavy (non-hydrogen) atoms. The zero-order valence-electron chi connectivity index (χ0n) is 57.0. The highest BCUT2D eigenvalue weighted by molar-refractivity contribution is 7.47. The van der Waals surface area contributed by atoms with E-state index in [1.165, 1.54) is 193 Å². The van der Waals surface area contributed by atoms with Crippen molar-refractivity contribution < 1.29 is 32.9 Å². The van der Waals surface area contributed by atoms with E-state index in [4.69, 9.17) is 9.05 Å². The van der Waals surface area contributed by atoms with Gasteiger partial charge < -0.3 is 19.8 Å². The van der Waals surface area contributed by atoms with Crippen molar-refractivity contribution in [3.05, 3.63) is 109 Å². The number of aliphatic hydroxyl groups excluding tert-OH is 1. The Hall–Kier alpha value is -2.84. The van der Waals surface area contributed by atoms with Crippen molar-refractivity contribution in [2.45, 2.75) is 334 Å². The maximum Gasteiger partial charge on any atom is 0.472 e. The SMILES string of the molecule is CC/C=C\C/C=C\C/C=C\C/C=C\C/C=C\C/C=C\C/C=C\C/C=C\C/C=C\CCCCCCCCCCCC(=O)NC(COP(=O)(O)OCC[N+](C)(C)C)C(O)CCCCCCCCCCCCCCCCCCCCCCCCCCCCC. The molecule has 0 aliphatic heterocycles. The van der Waals surface area contributed by atoms with Crippen molar-refractivity contribution in [2.75, 3.05) is 40.9 Å². The number of phosphoric acid groups is 1. The van der Waals surface area contributed by atoms with Gasteiger partial charge in [-0.1, -0.05) is 342 Å². The molecule has 0 aromatic heterocycles. The third-order valence-electron chi connectivity index (χ3n) is 16.0.